The average molecular weight is 393 g/mol. The second-order valence-corrected chi connectivity index (χ2v) is 6.67. The van der Waals surface area contributed by atoms with Gasteiger partial charge in [0.1, 0.15) is 12.4 Å². The van der Waals surface area contributed by atoms with E-state index in [9.17, 15) is 14.7 Å². The highest BCUT2D eigenvalue weighted by Crippen LogP contribution is 2.32. The fourth-order valence-electron chi connectivity index (χ4n) is 3.29. The summed E-state index contributed by atoms with van der Waals surface area (Å²) >= 11 is 0. The third-order valence-electron chi connectivity index (χ3n) is 4.50. The van der Waals surface area contributed by atoms with Crippen molar-refractivity contribution in [1.82, 2.24) is 9.55 Å². The zero-order valence-corrected chi connectivity index (χ0v) is 16.4. The number of hydrogen-bond donors (Lipinski definition) is 2. The summed E-state index contributed by atoms with van der Waals surface area (Å²) in [5, 5.41) is 9.95. The van der Waals surface area contributed by atoms with Crippen molar-refractivity contribution >= 4 is 22.3 Å². The van der Waals surface area contributed by atoms with Gasteiger partial charge in [-0.3, -0.25) is 14.6 Å². The molecule has 0 amide bonds. The lowest BCUT2D eigenvalue weighted by atomic mass is 9.97. The first-order valence-corrected chi connectivity index (χ1v) is 9.21. The normalized spacial score (nSPS) is 12.0. The summed E-state index contributed by atoms with van der Waals surface area (Å²) in [6.07, 6.45) is 1.67. The van der Waals surface area contributed by atoms with Crippen LogP contribution in [0.5, 0.6) is 5.75 Å². The standard InChI is InChI=1S/C22H23N3O4/c1-14(23)22(15(2)27)18-11-16-6-7-21(28)25(13-17-5-3-4-8-24-17)19(16)12-20(18)29-10-9-26/h3-8,11-12,26H,9-10,13,23H2,1-2H3. The molecule has 0 aliphatic rings. The third-order valence-corrected chi connectivity index (χ3v) is 4.50. The maximum absolute atomic E-state index is 12.6. The molecule has 0 aliphatic carbocycles. The Hall–Kier alpha value is -3.45. The molecule has 7 nitrogen and oxygen atoms in total. The Labute approximate surface area is 168 Å². The van der Waals surface area contributed by atoms with E-state index in [0.717, 1.165) is 11.1 Å². The first-order chi connectivity index (χ1) is 13.9. The fourth-order valence-corrected chi connectivity index (χ4v) is 3.29. The summed E-state index contributed by atoms with van der Waals surface area (Å²) in [5.41, 5.74) is 8.40. The molecule has 0 fully saturated rings. The molecule has 150 valence electrons. The maximum Gasteiger partial charge on any atom is 0.251 e. The molecular weight excluding hydrogens is 370 g/mol. The van der Waals surface area contributed by atoms with E-state index in [1.165, 1.54) is 13.0 Å². The number of aromatic nitrogens is 2. The van der Waals surface area contributed by atoms with E-state index in [2.05, 4.69) is 4.98 Å². The molecule has 0 spiro atoms. The lowest BCUT2D eigenvalue weighted by Crippen LogP contribution is -2.20. The molecule has 0 radical (unpaired) electrons. The lowest BCUT2D eigenvalue weighted by molar-refractivity contribution is -0.111. The highest BCUT2D eigenvalue weighted by molar-refractivity contribution is 6.21. The molecule has 0 unspecified atom stereocenters. The van der Waals surface area contributed by atoms with Crippen LogP contribution in [0.1, 0.15) is 25.1 Å². The van der Waals surface area contributed by atoms with Gasteiger partial charge in [-0.15, -0.1) is 0 Å². The second-order valence-electron chi connectivity index (χ2n) is 6.67. The van der Waals surface area contributed by atoms with Crippen molar-refractivity contribution < 1.29 is 14.6 Å². The molecule has 0 saturated heterocycles. The predicted octanol–water partition coefficient (Wildman–Crippen LogP) is 2.09. The number of ether oxygens (including phenoxy) is 1. The van der Waals surface area contributed by atoms with Crippen molar-refractivity contribution in [2.75, 3.05) is 13.2 Å². The van der Waals surface area contributed by atoms with Crippen molar-refractivity contribution in [2.45, 2.75) is 20.4 Å². The number of hydrogen-bond acceptors (Lipinski definition) is 6. The summed E-state index contributed by atoms with van der Waals surface area (Å²) in [5.74, 6) is 0.182. The van der Waals surface area contributed by atoms with Gasteiger partial charge in [0.05, 0.1) is 24.4 Å². The number of rotatable bonds is 7. The van der Waals surface area contributed by atoms with Crippen LogP contribution in [-0.4, -0.2) is 33.7 Å². The molecule has 3 N–H and O–H groups in total. The second kappa shape index (κ2) is 8.70. The first kappa shape index (κ1) is 20.3. The van der Waals surface area contributed by atoms with Gasteiger partial charge in [-0.2, -0.15) is 0 Å². The van der Waals surface area contributed by atoms with Crippen LogP contribution in [0.2, 0.25) is 0 Å². The first-order valence-electron chi connectivity index (χ1n) is 9.21. The Morgan fingerprint density at radius 1 is 1.21 bits per heavy atom. The Bertz CT molecular complexity index is 1130. The van der Waals surface area contributed by atoms with Gasteiger partial charge in [0.15, 0.2) is 5.78 Å². The monoisotopic (exact) mass is 393 g/mol. The number of benzene rings is 1. The smallest absolute Gasteiger partial charge is 0.251 e. The molecule has 3 aromatic rings. The molecule has 1 aromatic carbocycles. The average Bonchev–Trinajstić information content (AvgIpc) is 2.69. The lowest BCUT2D eigenvalue weighted by Gasteiger charge is -2.17. The van der Waals surface area contributed by atoms with Crippen molar-refractivity contribution in [3.63, 3.8) is 0 Å². The van der Waals surface area contributed by atoms with E-state index in [1.807, 2.05) is 18.2 Å². The van der Waals surface area contributed by atoms with Crippen LogP contribution in [0, 0.1) is 0 Å². The Morgan fingerprint density at radius 2 is 2.00 bits per heavy atom. The number of carbonyl (C=O) groups is 1. The maximum atomic E-state index is 12.6. The SMILES string of the molecule is CC(=O)C(=C(C)N)c1cc2ccc(=O)n(Cc3ccccn3)c2cc1OCCO. The minimum atomic E-state index is -0.194. The highest BCUT2D eigenvalue weighted by atomic mass is 16.5. The number of carbonyl (C=O) groups excluding carboxylic acids is 1. The van der Waals surface area contributed by atoms with E-state index in [0.29, 0.717) is 34.6 Å². The van der Waals surface area contributed by atoms with Crippen LogP contribution >= 0.6 is 0 Å². The topological polar surface area (TPSA) is 107 Å². The Balaban J connectivity index is 2.25. The van der Waals surface area contributed by atoms with E-state index in [-0.39, 0.29) is 24.6 Å². The Kier molecular flexibility index (Phi) is 6.09. The van der Waals surface area contributed by atoms with Gasteiger partial charge >= 0.3 is 0 Å². The van der Waals surface area contributed by atoms with Crippen molar-refractivity contribution in [3.8, 4) is 5.75 Å². The van der Waals surface area contributed by atoms with E-state index in [4.69, 9.17) is 10.5 Å². The molecular formula is C22H23N3O4. The molecule has 0 bridgehead atoms. The summed E-state index contributed by atoms with van der Waals surface area (Å²) in [4.78, 5) is 29.1. The predicted molar refractivity (Wildman–Crippen MR) is 112 cm³/mol. The summed E-state index contributed by atoms with van der Waals surface area (Å²) < 4.78 is 7.29. The summed E-state index contributed by atoms with van der Waals surface area (Å²) in [6, 6.07) is 12.2. The third kappa shape index (κ3) is 4.35. The van der Waals surface area contributed by atoms with Crippen molar-refractivity contribution in [1.29, 1.82) is 0 Å². The molecule has 0 aliphatic heterocycles. The van der Waals surface area contributed by atoms with Crippen molar-refractivity contribution in [2.24, 2.45) is 5.73 Å². The minimum absolute atomic E-state index is 0.0462. The van der Waals surface area contributed by atoms with Gasteiger partial charge in [0.2, 0.25) is 0 Å². The highest BCUT2D eigenvalue weighted by Gasteiger charge is 2.18. The van der Waals surface area contributed by atoms with E-state index >= 15 is 0 Å². The minimum Gasteiger partial charge on any atom is -0.490 e. The van der Waals surface area contributed by atoms with Crippen LogP contribution in [0.4, 0.5) is 0 Å². The molecule has 2 aromatic heterocycles. The zero-order valence-electron chi connectivity index (χ0n) is 16.4. The van der Waals surface area contributed by atoms with Gasteiger partial charge in [0.25, 0.3) is 5.56 Å². The Morgan fingerprint density at radius 3 is 2.62 bits per heavy atom. The number of aliphatic hydroxyl groups excluding tert-OH is 1. The number of nitrogens with two attached hydrogens (primary N) is 1. The molecule has 7 heteroatoms. The number of ketones is 1. The van der Waals surface area contributed by atoms with E-state index < -0.39 is 0 Å². The van der Waals surface area contributed by atoms with Crippen LogP contribution in [0.3, 0.4) is 0 Å². The van der Waals surface area contributed by atoms with Gasteiger partial charge in [0, 0.05) is 35.2 Å². The van der Waals surface area contributed by atoms with Crippen LogP contribution < -0.4 is 16.0 Å². The van der Waals surface area contributed by atoms with Crippen LogP contribution in [0.25, 0.3) is 16.5 Å². The van der Waals surface area contributed by atoms with Gasteiger partial charge < -0.3 is 20.1 Å². The van der Waals surface area contributed by atoms with Crippen molar-refractivity contribution in [3.05, 3.63) is 76.0 Å². The molecule has 0 atom stereocenters. The van der Waals surface area contributed by atoms with E-state index in [1.54, 1.807) is 35.9 Å². The van der Waals surface area contributed by atoms with Crippen LogP contribution in [0.15, 0.2) is 59.2 Å². The number of fused-ring (bicyclic) bond motifs is 1. The zero-order chi connectivity index (χ0) is 21.0. The molecule has 3 rings (SSSR count). The number of aliphatic hydroxyl groups is 1. The van der Waals surface area contributed by atoms with Gasteiger partial charge in [-0.25, -0.2) is 0 Å². The summed E-state index contributed by atoms with van der Waals surface area (Å²) in [7, 11) is 0. The number of Topliss-reactive ketones (excluding diaryl/α,β-unsaturated/α-hetero) is 1. The number of allylic oxidation sites excluding steroid dienone is 2. The van der Waals surface area contributed by atoms with Gasteiger partial charge in [-0.05, 0) is 43.5 Å². The fraction of sp³-hybridized carbons (Fsp3) is 0.227. The molecule has 2 heterocycles. The largest absolute Gasteiger partial charge is 0.490 e. The summed E-state index contributed by atoms with van der Waals surface area (Å²) in [6.45, 7) is 3.24. The molecule has 29 heavy (non-hydrogen) atoms. The molecule has 0 saturated carbocycles. The number of pyridine rings is 2. The van der Waals surface area contributed by atoms with Gasteiger partial charge in [-0.1, -0.05) is 6.07 Å². The number of nitrogens with zero attached hydrogens (tertiary/aromatic N) is 2. The quantitative estimate of drug-likeness (QED) is 0.595. The van der Waals surface area contributed by atoms with Crippen LogP contribution in [-0.2, 0) is 11.3 Å².